The number of carboxylic acids is 1. The third-order valence-corrected chi connectivity index (χ3v) is 1.99. The Morgan fingerprint density at radius 1 is 1.33 bits per heavy atom. The molecule has 2 N–H and O–H groups in total. The number of nitrogens with zero attached hydrogens (tertiary/aromatic N) is 2. The summed E-state index contributed by atoms with van der Waals surface area (Å²) in [6, 6.07) is -0.968. The number of carbonyl (C=O) groups is 2. The van der Waals surface area contributed by atoms with Crippen LogP contribution in [0.2, 0.25) is 0 Å². The van der Waals surface area contributed by atoms with E-state index in [4.69, 9.17) is 5.11 Å². The molecule has 0 unspecified atom stereocenters. The Balaban J connectivity index is 4.63. The smallest absolute Gasteiger partial charge is 0.406 e. The molecule has 0 rings (SSSR count). The maximum Gasteiger partial charge on any atom is 0.406 e. The number of hydrogen-bond donors (Lipinski definition) is 2. The van der Waals surface area contributed by atoms with Crippen molar-refractivity contribution in [3.8, 4) is 0 Å². The summed E-state index contributed by atoms with van der Waals surface area (Å²) >= 11 is 0. The fourth-order valence-corrected chi connectivity index (χ4v) is 1.19. The van der Waals surface area contributed by atoms with Gasteiger partial charge in [0.15, 0.2) is 0 Å². The molecule has 0 aromatic rings. The minimum absolute atomic E-state index is 0.184. The Labute approximate surface area is 102 Å². The molecule has 2 amide bonds. The molecule has 106 valence electrons. The van der Waals surface area contributed by atoms with Gasteiger partial charge in [-0.15, -0.1) is 0 Å². The molecule has 0 aromatic carbocycles. The Kier molecular flexibility index (Phi) is 6.45. The molecule has 0 aliphatic heterocycles. The van der Waals surface area contributed by atoms with Gasteiger partial charge in [0.1, 0.15) is 13.1 Å². The fraction of sp³-hybridized carbons (Fsp3) is 0.778. The van der Waals surface area contributed by atoms with Gasteiger partial charge in [-0.25, -0.2) is 4.79 Å². The predicted molar refractivity (Wildman–Crippen MR) is 57.2 cm³/mol. The first kappa shape index (κ1) is 16.5. The number of halogens is 3. The summed E-state index contributed by atoms with van der Waals surface area (Å²) in [5, 5.41) is 11.2. The van der Waals surface area contributed by atoms with Gasteiger partial charge < -0.3 is 20.2 Å². The second-order valence-corrected chi connectivity index (χ2v) is 3.67. The normalized spacial score (nSPS) is 11.2. The van der Waals surface area contributed by atoms with Gasteiger partial charge in [-0.1, -0.05) is 0 Å². The van der Waals surface area contributed by atoms with Crippen LogP contribution in [0.4, 0.5) is 18.0 Å². The van der Waals surface area contributed by atoms with Gasteiger partial charge in [0.25, 0.3) is 0 Å². The van der Waals surface area contributed by atoms with Gasteiger partial charge in [0.2, 0.25) is 0 Å². The maximum absolute atomic E-state index is 12.2. The number of amides is 2. The van der Waals surface area contributed by atoms with Crippen LogP contribution in [0.5, 0.6) is 0 Å². The van der Waals surface area contributed by atoms with E-state index in [1.807, 2.05) is 0 Å². The topological polar surface area (TPSA) is 72.9 Å². The molecule has 0 saturated heterocycles. The van der Waals surface area contributed by atoms with Crippen LogP contribution < -0.4 is 5.32 Å². The lowest BCUT2D eigenvalue weighted by molar-refractivity contribution is -0.149. The van der Waals surface area contributed by atoms with Crippen molar-refractivity contribution in [3.63, 3.8) is 0 Å². The van der Waals surface area contributed by atoms with Crippen molar-refractivity contribution in [2.24, 2.45) is 0 Å². The van der Waals surface area contributed by atoms with Crippen molar-refractivity contribution in [1.82, 2.24) is 15.1 Å². The van der Waals surface area contributed by atoms with Crippen molar-refractivity contribution in [3.05, 3.63) is 0 Å². The lowest BCUT2D eigenvalue weighted by Gasteiger charge is -2.27. The van der Waals surface area contributed by atoms with Gasteiger partial charge >= 0.3 is 18.2 Å². The Morgan fingerprint density at radius 2 is 1.89 bits per heavy atom. The van der Waals surface area contributed by atoms with Crippen LogP contribution in [-0.2, 0) is 4.79 Å². The highest BCUT2D eigenvalue weighted by atomic mass is 19.4. The second-order valence-electron chi connectivity index (χ2n) is 3.67. The third-order valence-electron chi connectivity index (χ3n) is 1.99. The predicted octanol–water partition coefficient (Wildman–Crippen LogP) is 0.206. The minimum atomic E-state index is -4.63. The zero-order valence-corrected chi connectivity index (χ0v) is 10.1. The number of nitrogens with one attached hydrogen (secondary N) is 1. The van der Waals surface area contributed by atoms with Crippen LogP contribution in [0.1, 0.15) is 0 Å². The highest BCUT2D eigenvalue weighted by Gasteiger charge is 2.34. The van der Waals surface area contributed by atoms with E-state index >= 15 is 0 Å². The highest BCUT2D eigenvalue weighted by Crippen LogP contribution is 2.17. The molecule has 0 fully saturated rings. The molecule has 0 heterocycles. The van der Waals surface area contributed by atoms with E-state index < -0.39 is 31.3 Å². The van der Waals surface area contributed by atoms with Gasteiger partial charge in [0, 0.05) is 20.1 Å². The average Bonchev–Trinajstić information content (AvgIpc) is 2.21. The van der Waals surface area contributed by atoms with E-state index in [-0.39, 0.29) is 11.4 Å². The van der Waals surface area contributed by atoms with Crippen molar-refractivity contribution in [1.29, 1.82) is 0 Å². The van der Waals surface area contributed by atoms with E-state index in [2.05, 4.69) is 5.32 Å². The van der Waals surface area contributed by atoms with Crippen molar-refractivity contribution in [2.75, 3.05) is 40.3 Å². The van der Waals surface area contributed by atoms with E-state index in [0.717, 1.165) is 4.90 Å². The molecular weight excluding hydrogens is 255 g/mol. The van der Waals surface area contributed by atoms with Crippen molar-refractivity contribution in [2.45, 2.75) is 6.18 Å². The molecular formula is C9H16F3N3O3. The van der Waals surface area contributed by atoms with E-state index in [1.165, 1.54) is 7.05 Å². The quantitative estimate of drug-likeness (QED) is 0.724. The second kappa shape index (κ2) is 7.04. The molecule has 9 heteroatoms. The fourth-order valence-electron chi connectivity index (χ4n) is 1.19. The van der Waals surface area contributed by atoms with Crippen LogP contribution in [0.25, 0.3) is 0 Å². The molecule has 0 aliphatic rings. The van der Waals surface area contributed by atoms with Crippen LogP contribution in [0, 0.1) is 0 Å². The molecule has 0 aliphatic carbocycles. The van der Waals surface area contributed by atoms with Crippen LogP contribution >= 0.6 is 0 Å². The van der Waals surface area contributed by atoms with Gasteiger partial charge in [-0.05, 0) is 7.05 Å². The van der Waals surface area contributed by atoms with Gasteiger partial charge in [0.05, 0.1) is 0 Å². The summed E-state index contributed by atoms with van der Waals surface area (Å²) < 4.78 is 36.6. The zero-order chi connectivity index (χ0) is 14.3. The molecule has 0 atom stereocenters. The summed E-state index contributed by atoms with van der Waals surface area (Å²) in [5.74, 6) is -1.49. The zero-order valence-electron chi connectivity index (χ0n) is 10.1. The molecule has 18 heavy (non-hydrogen) atoms. The summed E-state index contributed by atoms with van der Waals surface area (Å²) in [6.45, 7) is -1.98. The van der Waals surface area contributed by atoms with Crippen LogP contribution in [0.3, 0.4) is 0 Å². The Morgan fingerprint density at radius 3 is 2.28 bits per heavy atom. The minimum Gasteiger partial charge on any atom is -0.480 e. The first-order valence-electron chi connectivity index (χ1n) is 5.10. The number of carboxylic acid groups (broad SMARTS) is 1. The maximum atomic E-state index is 12.2. The lowest BCUT2D eigenvalue weighted by Crippen LogP contribution is -2.48. The summed E-state index contributed by atoms with van der Waals surface area (Å²) in [4.78, 5) is 23.3. The number of alkyl halides is 3. The molecule has 0 radical (unpaired) electrons. The molecule has 0 saturated carbocycles. The number of hydrogen-bond acceptors (Lipinski definition) is 3. The largest absolute Gasteiger partial charge is 0.480 e. The SMILES string of the molecule is CNCCN(C)C(=O)N(CC(=O)O)CC(F)(F)F. The van der Waals surface area contributed by atoms with E-state index in [9.17, 15) is 22.8 Å². The van der Waals surface area contributed by atoms with E-state index in [0.29, 0.717) is 6.54 Å². The summed E-state index contributed by atoms with van der Waals surface area (Å²) in [6.07, 6.45) is -4.63. The van der Waals surface area contributed by atoms with Crippen molar-refractivity contribution < 1.29 is 27.9 Å². The summed E-state index contributed by atoms with van der Waals surface area (Å²) in [5.41, 5.74) is 0. The first-order valence-corrected chi connectivity index (χ1v) is 5.10. The molecule has 0 aromatic heterocycles. The van der Waals surface area contributed by atoms with Crippen LogP contribution in [-0.4, -0.2) is 73.4 Å². The summed E-state index contributed by atoms with van der Waals surface area (Å²) in [7, 11) is 2.94. The Bertz CT molecular complexity index is 297. The molecule has 0 bridgehead atoms. The number of aliphatic carboxylic acids is 1. The lowest BCUT2D eigenvalue weighted by atomic mass is 10.4. The average molecular weight is 271 g/mol. The first-order chi connectivity index (χ1) is 8.17. The molecule has 0 spiro atoms. The number of rotatable bonds is 6. The Hall–Kier alpha value is -1.51. The van der Waals surface area contributed by atoms with E-state index in [1.54, 1.807) is 7.05 Å². The van der Waals surface area contributed by atoms with Crippen LogP contribution in [0.15, 0.2) is 0 Å². The number of likely N-dealkylation sites (N-methyl/N-ethyl adjacent to an activating group) is 2. The monoisotopic (exact) mass is 271 g/mol. The van der Waals surface area contributed by atoms with Gasteiger partial charge in [-0.2, -0.15) is 13.2 Å². The number of carbonyl (C=O) groups excluding carboxylic acids is 1. The van der Waals surface area contributed by atoms with Crippen molar-refractivity contribution >= 4 is 12.0 Å². The van der Waals surface area contributed by atoms with Gasteiger partial charge in [-0.3, -0.25) is 4.79 Å². The highest BCUT2D eigenvalue weighted by molar-refractivity contribution is 5.80. The number of urea groups is 1. The molecule has 6 nitrogen and oxygen atoms in total. The third kappa shape index (κ3) is 6.94. The standard InChI is InChI=1S/C9H16F3N3O3/c1-13-3-4-14(2)8(18)15(5-7(16)17)6-9(10,11)12/h13H,3-6H2,1-2H3,(H,16,17).